The van der Waals surface area contributed by atoms with Gasteiger partial charge in [-0.25, -0.2) is 0 Å². The van der Waals surface area contributed by atoms with E-state index in [1.165, 1.54) is 0 Å². The Morgan fingerprint density at radius 3 is 2.81 bits per heavy atom. The number of carbonyl (C=O) groups is 1. The molecule has 1 fully saturated rings. The minimum absolute atomic E-state index is 0.00556. The van der Waals surface area contributed by atoms with Gasteiger partial charge < -0.3 is 15.4 Å². The van der Waals surface area contributed by atoms with Crippen LogP contribution in [0.2, 0.25) is 0 Å². The molecule has 0 bridgehead atoms. The van der Waals surface area contributed by atoms with Crippen molar-refractivity contribution in [2.75, 3.05) is 0 Å². The van der Waals surface area contributed by atoms with Gasteiger partial charge in [0, 0.05) is 41.5 Å². The predicted octanol–water partition coefficient (Wildman–Crippen LogP) is 2.60. The molecule has 1 saturated carbocycles. The average molecular weight is 349 g/mol. The monoisotopic (exact) mass is 349 g/mol. The molecule has 5 nitrogen and oxygen atoms in total. The van der Waals surface area contributed by atoms with Crippen LogP contribution in [0.3, 0.4) is 0 Å². The van der Waals surface area contributed by atoms with Gasteiger partial charge in [-0.2, -0.15) is 0 Å². The highest BCUT2D eigenvalue weighted by atomic mass is 16.3. The van der Waals surface area contributed by atoms with E-state index in [1.807, 2.05) is 48.7 Å². The normalized spacial score (nSPS) is 20.5. The number of hydrogen-bond acceptors (Lipinski definition) is 3. The summed E-state index contributed by atoms with van der Waals surface area (Å²) in [5, 5.41) is 13.9. The third-order valence-corrected chi connectivity index (χ3v) is 5.25. The molecule has 0 radical (unpaired) electrons. The molecular formula is C21H23N3O2. The Kier molecular flexibility index (Phi) is 4.71. The van der Waals surface area contributed by atoms with Gasteiger partial charge in [-0.15, -0.1) is 0 Å². The van der Waals surface area contributed by atoms with E-state index in [2.05, 4.69) is 15.3 Å². The Morgan fingerprint density at radius 1 is 1.23 bits per heavy atom. The molecule has 0 unspecified atom stereocenters. The highest BCUT2D eigenvalue weighted by Gasteiger charge is 2.35. The van der Waals surface area contributed by atoms with Crippen LogP contribution in [0.5, 0.6) is 0 Å². The second-order valence-electron chi connectivity index (χ2n) is 7.12. The maximum absolute atomic E-state index is 12.7. The quantitative estimate of drug-likeness (QED) is 0.640. The van der Waals surface area contributed by atoms with Crippen LogP contribution in [0.1, 0.15) is 24.1 Å². The zero-order chi connectivity index (χ0) is 17.9. The molecule has 1 aromatic carbocycles. The number of pyridine rings is 1. The molecule has 0 aliphatic heterocycles. The maximum Gasteiger partial charge on any atom is 0.224 e. The Bertz CT molecular complexity index is 884. The number of benzene rings is 1. The number of nitrogens with one attached hydrogen (secondary N) is 2. The first-order chi connectivity index (χ1) is 12.7. The smallest absolute Gasteiger partial charge is 0.224 e. The van der Waals surface area contributed by atoms with Crippen molar-refractivity contribution in [2.45, 2.75) is 37.8 Å². The number of fused-ring (bicyclic) bond motifs is 1. The van der Waals surface area contributed by atoms with Crippen molar-refractivity contribution in [1.29, 1.82) is 0 Å². The van der Waals surface area contributed by atoms with Gasteiger partial charge in [0.15, 0.2) is 0 Å². The number of para-hydroxylation sites is 1. The molecule has 3 aromatic rings. The first-order valence-electron chi connectivity index (χ1n) is 9.11. The number of rotatable bonds is 6. The van der Waals surface area contributed by atoms with Crippen LogP contribution in [0.25, 0.3) is 10.9 Å². The van der Waals surface area contributed by atoms with Crippen LogP contribution in [-0.2, 0) is 17.6 Å². The Balaban J connectivity index is 1.45. The highest BCUT2D eigenvalue weighted by Crippen LogP contribution is 2.31. The summed E-state index contributed by atoms with van der Waals surface area (Å²) in [6, 6.07) is 13.8. The number of hydrogen-bond donors (Lipinski definition) is 3. The van der Waals surface area contributed by atoms with Crippen LogP contribution in [-0.4, -0.2) is 33.1 Å². The number of carbonyl (C=O) groups excluding carboxylic acids is 1. The molecule has 26 heavy (non-hydrogen) atoms. The molecule has 1 atom stereocenters. The lowest BCUT2D eigenvalue weighted by molar-refractivity contribution is -0.122. The van der Waals surface area contributed by atoms with E-state index in [0.29, 0.717) is 18.8 Å². The van der Waals surface area contributed by atoms with Gasteiger partial charge in [-0.05, 0) is 42.5 Å². The van der Waals surface area contributed by atoms with Gasteiger partial charge >= 0.3 is 0 Å². The number of aromatic amines is 1. The van der Waals surface area contributed by atoms with Gasteiger partial charge in [0.25, 0.3) is 0 Å². The number of nitrogens with zero attached hydrogens (tertiary/aromatic N) is 1. The van der Waals surface area contributed by atoms with Gasteiger partial charge in [-0.3, -0.25) is 9.78 Å². The van der Waals surface area contributed by atoms with Crippen molar-refractivity contribution in [1.82, 2.24) is 15.3 Å². The van der Waals surface area contributed by atoms with E-state index in [9.17, 15) is 9.90 Å². The maximum atomic E-state index is 12.7. The zero-order valence-electron chi connectivity index (χ0n) is 14.6. The third kappa shape index (κ3) is 3.63. The molecule has 3 N–H and O–H groups in total. The molecule has 134 valence electrons. The van der Waals surface area contributed by atoms with Crippen LogP contribution in [0.4, 0.5) is 0 Å². The fraction of sp³-hybridized carbons (Fsp3) is 0.333. The number of H-pyrrole nitrogens is 1. The van der Waals surface area contributed by atoms with Crippen molar-refractivity contribution in [3.05, 3.63) is 66.1 Å². The summed E-state index contributed by atoms with van der Waals surface area (Å²) < 4.78 is 0. The zero-order valence-corrected chi connectivity index (χ0v) is 14.6. The summed E-state index contributed by atoms with van der Waals surface area (Å²) in [6.07, 6.45) is 5.96. The molecule has 1 aliphatic rings. The van der Waals surface area contributed by atoms with Gasteiger partial charge in [0.05, 0.1) is 12.5 Å². The number of amides is 1. The topological polar surface area (TPSA) is 78.0 Å². The van der Waals surface area contributed by atoms with Crippen molar-refractivity contribution < 1.29 is 9.90 Å². The predicted molar refractivity (Wildman–Crippen MR) is 101 cm³/mol. The molecule has 5 heteroatoms. The summed E-state index contributed by atoms with van der Waals surface area (Å²) in [5.74, 6) is 0.316. The van der Waals surface area contributed by atoms with Gasteiger partial charge in [0.2, 0.25) is 5.91 Å². The van der Waals surface area contributed by atoms with E-state index >= 15 is 0 Å². The lowest BCUT2D eigenvalue weighted by Gasteiger charge is -2.38. The van der Waals surface area contributed by atoms with E-state index in [0.717, 1.165) is 35.0 Å². The van der Waals surface area contributed by atoms with Crippen molar-refractivity contribution in [2.24, 2.45) is 5.92 Å². The molecule has 0 spiro atoms. The van der Waals surface area contributed by atoms with E-state index in [-0.39, 0.29) is 18.1 Å². The Morgan fingerprint density at radius 2 is 2.04 bits per heavy atom. The largest absolute Gasteiger partial charge is 0.393 e. The number of aliphatic hydroxyl groups excluding tert-OH is 1. The lowest BCUT2D eigenvalue weighted by Crippen LogP contribution is -2.48. The first kappa shape index (κ1) is 16.8. The standard InChI is InChI=1S/C21H23N3O2/c25-17-9-14(10-17)20(12-16-5-3-4-8-22-16)24-21(26)11-15-13-23-19-7-2-1-6-18(15)19/h1-8,13-14,17,20,23,25H,9-12H2,(H,24,26)/t14?,17?,20-/m1/s1. The van der Waals surface area contributed by atoms with E-state index in [1.54, 1.807) is 6.20 Å². The van der Waals surface area contributed by atoms with Crippen LogP contribution < -0.4 is 5.32 Å². The lowest BCUT2D eigenvalue weighted by atomic mass is 9.76. The van der Waals surface area contributed by atoms with Crippen LogP contribution in [0.15, 0.2) is 54.9 Å². The van der Waals surface area contributed by atoms with Crippen molar-refractivity contribution in [3.63, 3.8) is 0 Å². The van der Waals surface area contributed by atoms with Gasteiger partial charge in [0.1, 0.15) is 0 Å². The number of aromatic nitrogens is 2. The molecule has 2 heterocycles. The fourth-order valence-electron chi connectivity index (χ4n) is 3.75. The average Bonchev–Trinajstić information content (AvgIpc) is 3.02. The van der Waals surface area contributed by atoms with Crippen LogP contribution >= 0.6 is 0 Å². The summed E-state index contributed by atoms with van der Waals surface area (Å²) >= 11 is 0. The van der Waals surface area contributed by atoms with Crippen molar-refractivity contribution in [3.8, 4) is 0 Å². The van der Waals surface area contributed by atoms with Gasteiger partial charge in [-0.1, -0.05) is 24.3 Å². The highest BCUT2D eigenvalue weighted by molar-refractivity contribution is 5.88. The molecule has 1 aliphatic carbocycles. The molecule has 2 aromatic heterocycles. The van der Waals surface area contributed by atoms with E-state index < -0.39 is 0 Å². The molecule has 4 rings (SSSR count). The summed E-state index contributed by atoms with van der Waals surface area (Å²) in [5.41, 5.74) is 3.01. The third-order valence-electron chi connectivity index (χ3n) is 5.25. The Labute approximate surface area is 152 Å². The van der Waals surface area contributed by atoms with Crippen LogP contribution in [0, 0.1) is 5.92 Å². The second kappa shape index (κ2) is 7.30. The molecule has 1 amide bonds. The first-order valence-corrected chi connectivity index (χ1v) is 9.11. The summed E-state index contributed by atoms with van der Waals surface area (Å²) in [6.45, 7) is 0. The SMILES string of the molecule is O=C(Cc1c[nH]c2ccccc12)N[C@H](Cc1ccccn1)C1CC(O)C1. The minimum atomic E-state index is -0.239. The van der Waals surface area contributed by atoms with Crippen molar-refractivity contribution >= 4 is 16.8 Å². The summed E-state index contributed by atoms with van der Waals surface area (Å²) in [4.78, 5) is 20.3. The minimum Gasteiger partial charge on any atom is -0.393 e. The molecular weight excluding hydrogens is 326 g/mol. The molecule has 0 saturated heterocycles. The Hall–Kier alpha value is -2.66. The second-order valence-corrected chi connectivity index (χ2v) is 7.12. The van der Waals surface area contributed by atoms with E-state index in [4.69, 9.17) is 0 Å². The number of aliphatic hydroxyl groups is 1. The summed E-state index contributed by atoms with van der Waals surface area (Å²) in [7, 11) is 0. The fourth-order valence-corrected chi connectivity index (χ4v) is 3.75.